The zero-order chi connectivity index (χ0) is 20.1. The number of amides is 1. The number of hydrogen-bond donors (Lipinski definition) is 1. The molecular weight excluding hydrogens is 402 g/mol. The summed E-state index contributed by atoms with van der Waals surface area (Å²) < 4.78 is 6.74. The van der Waals surface area contributed by atoms with Crippen LogP contribution in [0.15, 0.2) is 46.8 Å². The Bertz CT molecular complexity index is 1020. The number of nitrogens with one attached hydrogen (secondary N) is 1. The lowest BCUT2D eigenvalue weighted by Crippen LogP contribution is -2.22. The Hall–Kier alpha value is -2.98. The molecule has 0 saturated carbocycles. The summed E-state index contributed by atoms with van der Waals surface area (Å²) in [4.78, 5) is 38.5. The fourth-order valence-electron chi connectivity index (χ4n) is 2.27. The average Bonchev–Trinajstić information content (AvgIpc) is 3.09. The first kappa shape index (κ1) is 19.8. The number of non-ortho nitro benzene ring substituents is 1. The Morgan fingerprint density at radius 3 is 2.82 bits per heavy atom. The number of thioether (sulfide) groups is 1. The van der Waals surface area contributed by atoms with Crippen molar-refractivity contribution in [2.75, 3.05) is 17.7 Å². The molecule has 0 unspecified atom stereocenters. The Labute approximate surface area is 168 Å². The van der Waals surface area contributed by atoms with Crippen molar-refractivity contribution in [3.63, 3.8) is 0 Å². The van der Waals surface area contributed by atoms with E-state index < -0.39 is 23.4 Å². The summed E-state index contributed by atoms with van der Waals surface area (Å²) in [6.07, 6.45) is 0. The SMILES string of the molecule is Cc1ccc([N+](=O)[O-])cc1NC(=O)COC(=O)CSc1nc2ccccc2s1. The molecule has 0 aliphatic carbocycles. The number of rotatable bonds is 7. The highest BCUT2D eigenvalue weighted by molar-refractivity contribution is 8.01. The number of benzene rings is 2. The summed E-state index contributed by atoms with van der Waals surface area (Å²) in [5.74, 6) is -1.08. The third-order valence-electron chi connectivity index (χ3n) is 3.66. The van der Waals surface area contributed by atoms with Crippen LogP contribution in [0.1, 0.15) is 5.56 Å². The van der Waals surface area contributed by atoms with E-state index in [1.165, 1.54) is 41.3 Å². The first-order valence-corrected chi connectivity index (χ1v) is 9.91. The van der Waals surface area contributed by atoms with Gasteiger partial charge in [0.15, 0.2) is 10.9 Å². The molecule has 8 nitrogen and oxygen atoms in total. The maximum absolute atomic E-state index is 12.0. The Morgan fingerprint density at radius 1 is 1.29 bits per heavy atom. The second kappa shape index (κ2) is 8.81. The van der Waals surface area contributed by atoms with Gasteiger partial charge >= 0.3 is 5.97 Å². The molecule has 3 aromatic rings. The van der Waals surface area contributed by atoms with Gasteiger partial charge in [-0.2, -0.15) is 0 Å². The van der Waals surface area contributed by atoms with Crippen LogP contribution in [0.3, 0.4) is 0 Å². The molecule has 0 bridgehead atoms. The van der Waals surface area contributed by atoms with E-state index >= 15 is 0 Å². The second-order valence-corrected chi connectivity index (χ2v) is 7.95. The topological polar surface area (TPSA) is 111 Å². The van der Waals surface area contributed by atoms with Gasteiger partial charge in [0, 0.05) is 12.1 Å². The Morgan fingerprint density at radius 2 is 2.07 bits per heavy atom. The zero-order valence-corrected chi connectivity index (χ0v) is 16.3. The number of ether oxygens (including phenoxy) is 1. The number of carbonyl (C=O) groups excluding carboxylic acids is 2. The molecule has 0 atom stereocenters. The second-order valence-electron chi connectivity index (χ2n) is 5.70. The largest absolute Gasteiger partial charge is 0.455 e. The highest BCUT2D eigenvalue weighted by atomic mass is 32.2. The number of thiazole rings is 1. The molecule has 144 valence electrons. The summed E-state index contributed by atoms with van der Waals surface area (Å²) in [6.45, 7) is 1.24. The molecule has 0 radical (unpaired) electrons. The van der Waals surface area contributed by atoms with E-state index in [0.29, 0.717) is 11.3 Å². The van der Waals surface area contributed by atoms with Crippen LogP contribution in [0.25, 0.3) is 10.2 Å². The normalized spacial score (nSPS) is 10.6. The van der Waals surface area contributed by atoms with E-state index in [-0.39, 0.29) is 11.4 Å². The number of esters is 1. The molecule has 2 aromatic carbocycles. The summed E-state index contributed by atoms with van der Waals surface area (Å²) in [7, 11) is 0. The van der Waals surface area contributed by atoms with Crippen molar-refractivity contribution >= 4 is 56.6 Å². The lowest BCUT2D eigenvalue weighted by atomic mass is 10.2. The number of nitro benzene ring substituents is 1. The van der Waals surface area contributed by atoms with E-state index in [9.17, 15) is 19.7 Å². The molecule has 10 heteroatoms. The monoisotopic (exact) mass is 417 g/mol. The maximum Gasteiger partial charge on any atom is 0.316 e. The molecule has 1 aromatic heterocycles. The van der Waals surface area contributed by atoms with E-state index in [1.807, 2.05) is 24.3 Å². The molecule has 1 amide bonds. The molecular formula is C18H15N3O5S2. The van der Waals surface area contributed by atoms with Crippen molar-refractivity contribution in [2.45, 2.75) is 11.3 Å². The van der Waals surface area contributed by atoms with Gasteiger partial charge in [-0.05, 0) is 24.6 Å². The van der Waals surface area contributed by atoms with E-state index in [0.717, 1.165) is 14.6 Å². The predicted molar refractivity (Wildman–Crippen MR) is 108 cm³/mol. The number of hydrogen-bond acceptors (Lipinski definition) is 8. The van der Waals surface area contributed by atoms with E-state index in [2.05, 4.69) is 10.3 Å². The Balaban J connectivity index is 1.48. The van der Waals surface area contributed by atoms with Crippen molar-refractivity contribution in [1.82, 2.24) is 4.98 Å². The number of fused-ring (bicyclic) bond motifs is 1. The zero-order valence-electron chi connectivity index (χ0n) is 14.7. The molecule has 0 saturated heterocycles. The van der Waals surface area contributed by atoms with Crippen molar-refractivity contribution in [3.05, 3.63) is 58.1 Å². The van der Waals surface area contributed by atoms with Crippen molar-refractivity contribution in [1.29, 1.82) is 0 Å². The van der Waals surface area contributed by atoms with Crippen LogP contribution in [0.2, 0.25) is 0 Å². The molecule has 3 rings (SSSR count). The van der Waals surface area contributed by atoms with Crippen LogP contribution in [0, 0.1) is 17.0 Å². The highest BCUT2D eigenvalue weighted by Crippen LogP contribution is 2.29. The van der Waals surface area contributed by atoms with Crippen LogP contribution < -0.4 is 5.32 Å². The molecule has 0 aliphatic rings. The van der Waals surface area contributed by atoms with Crippen LogP contribution >= 0.6 is 23.1 Å². The van der Waals surface area contributed by atoms with Crippen LogP contribution in [-0.4, -0.2) is 34.1 Å². The summed E-state index contributed by atoms with van der Waals surface area (Å²) in [5.41, 5.74) is 1.70. The molecule has 1 heterocycles. The molecule has 0 aliphatic heterocycles. The minimum absolute atomic E-state index is 0.0307. The first-order valence-electron chi connectivity index (χ1n) is 8.11. The van der Waals surface area contributed by atoms with Gasteiger partial charge in [-0.15, -0.1) is 11.3 Å². The summed E-state index contributed by atoms with van der Waals surface area (Å²) in [5, 5.41) is 13.3. The van der Waals surface area contributed by atoms with Crippen LogP contribution in [-0.2, 0) is 14.3 Å². The van der Waals surface area contributed by atoms with Gasteiger partial charge in [-0.1, -0.05) is 30.0 Å². The van der Waals surface area contributed by atoms with Crippen molar-refractivity contribution < 1.29 is 19.2 Å². The summed E-state index contributed by atoms with van der Waals surface area (Å²) >= 11 is 2.72. The molecule has 28 heavy (non-hydrogen) atoms. The van der Waals surface area contributed by atoms with Gasteiger partial charge in [0.2, 0.25) is 0 Å². The van der Waals surface area contributed by atoms with Crippen LogP contribution in [0.4, 0.5) is 11.4 Å². The van der Waals surface area contributed by atoms with E-state index in [4.69, 9.17) is 4.74 Å². The number of nitrogens with zero attached hydrogens (tertiary/aromatic N) is 2. The fourth-order valence-corrected chi connectivity index (χ4v) is 4.13. The molecule has 0 spiro atoms. The van der Waals surface area contributed by atoms with Gasteiger partial charge in [0.1, 0.15) is 0 Å². The van der Waals surface area contributed by atoms with Gasteiger partial charge in [-0.3, -0.25) is 19.7 Å². The summed E-state index contributed by atoms with van der Waals surface area (Å²) in [6, 6.07) is 11.8. The van der Waals surface area contributed by atoms with Gasteiger partial charge in [0.05, 0.1) is 26.6 Å². The highest BCUT2D eigenvalue weighted by Gasteiger charge is 2.13. The number of aryl methyl sites for hydroxylation is 1. The number of aromatic nitrogens is 1. The quantitative estimate of drug-likeness (QED) is 0.269. The number of nitro groups is 1. The number of para-hydroxylation sites is 1. The van der Waals surface area contributed by atoms with Crippen molar-refractivity contribution in [3.8, 4) is 0 Å². The minimum Gasteiger partial charge on any atom is -0.455 e. The van der Waals surface area contributed by atoms with Gasteiger partial charge in [0.25, 0.3) is 11.6 Å². The smallest absolute Gasteiger partial charge is 0.316 e. The predicted octanol–water partition coefficient (Wildman–Crippen LogP) is 3.79. The maximum atomic E-state index is 12.0. The van der Waals surface area contributed by atoms with Gasteiger partial charge < -0.3 is 10.1 Å². The third-order valence-corrected chi connectivity index (χ3v) is 5.81. The molecule has 1 N–H and O–H groups in total. The Kier molecular flexibility index (Phi) is 6.22. The number of anilines is 1. The minimum atomic E-state index is -0.568. The van der Waals surface area contributed by atoms with Gasteiger partial charge in [-0.25, -0.2) is 4.98 Å². The van der Waals surface area contributed by atoms with Crippen LogP contribution in [0.5, 0.6) is 0 Å². The number of carbonyl (C=O) groups is 2. The third kappa shape index (κ3) is 5.05. The average molecular weight is 417 g/mol. The lowest BCUT2D eigenvalue weighted by molar-refractivity contribution is -0.384. The standard InChI is InChI=1S/C18H15N3O5S2/c1-11-6-7-12(21(24)25)8-14(11)19-16(22)9-26-17(23)10-27-18-20-13-4-2-3-5-15(13)28-18/h2-8H,9-10H2,1H3,(H,19,22). The van der Waals surface area contributed by atoms with E-state index in [1.54, 1.807) is 6.92 Å². The lowest BCUT2D eigenvalue weighted by Gasteiger charge is -2.08. The molecule has 0 fully saturated rings. The van der Waals surface area contributed by atoms with Crippen molar-refractivity contribution in [2.24, 2.45) is 0 Å². The first-order chi connectivity index (χ1) is 13.4. The fraction of sp³-hybridized carbons (Fsp3) is 0.167.